The molecule has 0 unspecified atom stereocenters. The Morgan fingerprint density at radius 3 is 2.00 bits per heavy atom. The minimum Gasteiger partial charge on any atom is -0.395 e. The molecule has 1 aromatic rings. The Balaban J connectivity index is 3.21. The highest BCUT2D eigenvalue weighted by atomic mass is 16.2. The van der Waals surface area contributed by atoms with Crippen LogP contribution in [0.3, 0.4) is 0 Å². The van der Waals surface area contributed by atoms with Gasteiger partial charge >= 0.3 is 0 Å². The van der Waals surface area contributed by atoms with Gasteiger partial charge in [-0.25, -0.2) is 0 Å². The summed E-state index contributed by atoms with van der Waals surface area (Å²) in [7, 11) is 0. The van der Waals surface area contributed by atoms with Crippen LogP contribution in [0.5, 0.6) is 0 Å². The lowest BCUT2D eigenvalue weighted by molar-refractivity contribution is 0.305. The molecule has 0 heterocycles. The Bertz CT molecular complexity index is 396. The Morgan fingerprint density at radius 1 is 1.00 bits per heavy atom. The van der Waals surface area contributed by atoms with E-state index in [4.69, 9.17) is 5.11 Å². The van der Waals surface area contributed by atoms with Crippen LogP contribution >= 0.6 is 0 Å². The first-order valence-electron chi connectivity index (χ1n) is 6.51. The maximum atomic E-state index is 8.78. The van der Waals surface area contributed by atoms with Crippen molar-refractivity contribution in [2.24, 2.45) is 0 Å². The molecule has 0 saturated carbocycles. The average molecular weight is 230 g/mol. The number of aliphatic hydroxyl groups excluding tert-OH is 1. The van der Waals surface area contributed by atoms with Crippen LogP contribution in [0.15, 0.2) is 12.1 Å². The maximum absolute atomic E-state index is 8.78. The van der Waals surface area contributed by atoms with Crippen LogP contribution in [0.4, 0.5) is 0 Å². The van der Waals surface area contributed by atoms with Gasteiger partial charge in [-0.05, 0) is 36.0 Å². The highest BCUT2D eigenvalue weighted by Gasteiger charge is 2.06. The van der Waals surface area contributed by atoms with Gasteiger partial charge in [-0.3, -0.25) is 0 Å². The van der Waals surface area contributed by atoms with E-state index < -0.39 is 0 Å². The second-order valence-electron chi connectivity index (χ2n) is 4.13. The average Bonchev–Trinajstić information content (AvgIpc) is 2.38. The summed E-state index contributed by atoms with van der Waals surface area (Å²) < 4.78 is 0. The van der Waals surface area contributed by atoms with Gasteiger partial charge in [0.2, 0.25) is 0 Å². The summed E-state index contributed by atoms with van der Waals surface area (Å²) in [5.74, 6) is 6.26. The second kappa shape index (κ2) is 7.14. The topological polar surface area (TPSA) is 20.2 Å². The molecule has 1 heteroatoms. The van der Waals surface area contributed by atoms with Crippen molar-refractivity contribution in [3.05, 3.63) is 34.4 Å². The van der Waals surface area contributed by atoms with E-state index in [2.05, 4.69) is 44.7 Å². The number of aryl methyl sites for hydroxylation is 3. The Labute approximate surface area is 105 Å². The summed E-state index contributed by atoms with van der Waals surface area (Å²) in [5.41, 5.74) is 5.25. The molecule has 0 aliphatic heterocycles. The van der Waals surface area contributed by atoms with E-state index in [1.165, 1.54) is 22.3 Å². The van der Waals surface area contributed by atoms with Crippen LogP contribution in [0.2, 0.25) is 0 Å². The molecule has 0 radical (unpaired) electrons. The van der Waals surface area contributed by atoms with E-state index in [9.17, 15) is 0 Å². The molecule has 1 N–H and O–H groups in total. The fourth-order valence-corrected chi connectivity index (χ4v) is 1.97. The molecule has 0 aromatic heterocycles. The molecule has 1 nitrogen and oxygen atoms in total. The standard InChI is InChI=1S/C16H22O/c1-4-13-11-14(5-2)16(9-7-8-10-17)15(6-3)12-13/h11-12,17H,4-6,8,10H2,1-3H3. The lowest BCUT2D eigenvalue weighted by Crippen LogP contribution is -1.98. The fourth-order valence-electron chi connectivity index (χ4n) is 1.97. The number of rotatable bonds is 4. The molecule has 0 amide bonds. The highest BCUT2D eigenvalue weighted by molar-refractivity contribution is 5.49. The van der Waals surface area contributed by atoms with Crippen molar-refractivity contribution in [3.63, 3.8) is 0 Å². The van der Waals surface area contributed by atoms with Crippen molar-refractivity contribution in [2.45, 2.75) is 46.5 Å². The van der Waals surface area contributed by atoms with Crippen molar-refractivity contribution >= 4 is 0 Å². The molecule has 1 rings (SSSR count). The van der Waals surface area contributed by atoms with Gasteiger partial charge in [0, 0.05) is 12.0 Å². The Kier molecular flexibility index (Phi) is 5.80. The van der Waals surface area contributed by atoms with Gasteiger partial charge in [0.25, 0.3) is 0 Å². The number of hydrogen-bond acceptors (Lipinski definition) is 1. The summed E-state index contributed by atoms with van der Waals surface area (Å²) in [6.07, 6.45) is 3.67. The van der Waals surface area contributed by atoms with E-state index in [0.29, 0.717) is 6.42 Å². The third kappa shape index (κ3) is 3.61. The molecule has 17 heavy (non-hydrogen) atoms. The van der Waals surface area contributed by atoms with Crippen LogP contribution in [-0.2, 0) is 19.3 Å². The molecule has 92 valence electrons. The van der Waals surface area contributed by atoms with E-state index in [1.54, 1.807) is 0 Å². The predicted molar refractivity (Wildman–Crippen MR) is 73.2 cm³/mol. The summed E-state index contributed by atoms with van der Waals surface area (Å²) in [4.78, 5) is 0. The molecular formula is C16H22O. The molecule has 0 aliphatic carbocycles. The number of benzene rings is 1. The minimum atomic E-state index is 0.142. The molecule has 0 fully saturated rings. The first-order chi connectivity index (χ1) is 8.26. The second-order valence-corrected chi connectivity index (χ2v) is 4.13. The van der Waals surface area contributed by atoms with E-state index in [-0.39, 0.29) is 6.61 Å². The summed E-state index contributed by atoms with van der Waals surface area (Å²) in [5, 5.41) is 8.78. The normalized spacial score (nSPS) is 9.88. The largest absolute Gasteiger partial charge is 0.395 e. The van der Waals surface area contributed by atoms with Crippen LogP contribution in [0.1, 0.15) is 49.4 Å². The third-order valence-electron chi connectivity index (χ3n) is 2.98. The minimum absolute atomic E-state index is 0.142. The monoisotopic (exact) mass is 230 g/mol. The van der Waals surface area contributed by atoms with Crippen molar-refractivity contribution in [1.82, 2.24) is 0 Å². The molecular weight excluding hydrogens is 208 g/mol. The summed E-state index contributed by atoms with van der Waals surface area (Å²) >= 11 is 0. The Morgan fingerprint density at radius 2 is 1.59 bits per heavy atom. The van der Waals surface area contributed by atoms with Gasteiger partial charge in [-0.15, -0.1) is 0 Å². The molecule has 0 bridgehead atoms. The van der Waals surface area contributed by atoms with Crippen LogP contribution < -0.4 is 0 Å². The molecule has 0 atom stereocenters. The van der Waals surface area contributed by atoms with Crippen LogP contribution in [-0.4, -0.2) is 11.7 Å². The van der Waals surface area contributed by atoms with Gasteiger partial charge in [-0.1, -0.05) is 44.7 Å². The van der Waals surface area contributed by atoms with E-state index in [0.717, 1.165) is 19.3 Å². The zero-order valence-electron chi connectivity index (χ0n) is 11.1. The van der Waals surface area contributed by atoms with Crippen LogP contribution in [0.25, 0.3) is 0 Å². The summed E-state index contributed by atoms with van der Waals surface area (Å²) in [6.45, 7) is 6.67. The molecule has 0 spiro atoms. The van der Waals surface area contributed by atoms with Gasteiger partial charge in [0.05, 0.1) is 6.61 Å². The van der Waals surface area contributed by atoms with Gasteiger partial charge in [0.15, 0.2) is 0 Å². The van der Waals surface area contributed by atoms with Crippen molar-refractivity contribution in [3.8, 4) is 11.8 Å². The van der Waals surface area contributed by atoms with Crippen molar-refractivity contribution in [1.29, 1.82) is 0 Å². The maximum Gasteiger partial charge on any atom is 0.0540 e. The zero-order valence-corrected chi connectivity index (χ0v) is 11.1. The number of aliphatic hydroxyl groups is 1. The SMILES string of the molecule is CCc1cc(CC)c(C#CCCO)c(CC)c1. The predicted octanol–water partition coefficient (Wildman–Crippen LogP) is 3.11. The fraction of sp³-hybridized carbons (Fsp3) is 0.500. The van der Waals surface area contributed by atoms with Gasteiger partial charge in [-0.2, -0.15) is 0 Å². The number of hydrogen-bond donors (Lipinski definition) is 1. The van der Waals surface area contributed by atoms with Crippen LogP contribution in [0, 0.1) is 11.8 Å². The quantitative estimate of drug-likeness (QED) is 0.788. The van der Waals surface area contributed by atoms with Crippen molar-refractivity contribution in [2.75, 3.05) is 6.61 Å². The third-order valence-corrected chi connectivity index (χ3v) is 2.98. The molecule has 0 saturated heterocycles. The molecule has 0 aliphatic rings. The smallest absolute Gasteiger partial charge is 0.0540 e. The highest BCUT2D eigenvalue weighted by Crippen LogP contribution is 2.19. The van der Waals surface area contributed by atoms with Crippen molar-refractivity contribution < 1.29 is 5.11 Å². The zero-order chi connectivity index (χ0) is 12.7. The van der Waals surface area contributed by atoms with E-state index in [1.807, 2.05) is 0 Å². The molecule has 1 aromatic carbocycles. The Hall–Kier alpha value is -1.26. The van der Waals surface area contributed by atoms with E-state index >= 15 is 0 Å². The van der Waals surface area contributed by atoms with Gasteiger partial charge in [0.1, 0.15) is 0 Å². The first kappa shape index (κ1) is 13.8. The van der Waals surface area contributed by atoms with Gasteiger partial charge < -0.3 is 5.11 Å². The lowest BCUT2D eigenvalue weighted by Gasteiger charge is -2.10. The lowest BCUT2D eigenvalue weighted by atomic mass is 9.94. The first-order valence-corrected chi connectivity index (χ1v) is 6.51. The summed E-state index contributed by atoms with van der Waals surface area (Å²) in [6, 6.07) is 4.53.